The van der Waals surface area contributed by atoms with Crippen LogP contribution in [-0.2, 0) is 5.41 Å². The molecule has 3 nitrogen and oxygen atoms in total. The van der Waals surface area contributed by atoms with E-state index in [1.165, 1.54) is 65.9 Å². The highest BCUT2D eigenvalue weighted by Crippen LogP contribution is 2.49. The van der Waals surface area contributed by atoms with Crippen LogP contribution in [0.5, 0.6) is 0 Å². The van der Waals surface area contributed by atoms with Crippen molar-refractivity contribution in [3.05, 3.63) is 163 Å². The van der Waals surface area contributed by atoms with Gasteiger partial charge in [-0.15, -0.1) is 6.42 Å². The summed E-state index contributed by atoms with van der Waals surface area (Å²) in [5, 5.41) is 7.30. The fourth-order valence-electron chi connectivity index (χ4n) is 8.70. The molecule has 3 heteroatoms. The van der Waals surface area contributed by atoms with Crippen LogP contribution in [0.4, 0.5) is 0 Å². The molecule has 0 saturated heterocycles. The van der Waals surface area contributed by atoms with E-state index in [4.69, 9.17) is 11.4 Å². The standard InChI is InChI=1S/C49H35N3/c1-5-6-7-16-31(2)51-47-39-21-11-9-18-36(39)35-17-8-10-20-38(35)45(47)50-48(51)33-27-25-32(26-28-33)34-29-40-37-19-12-14-23-43(37)52-44-24-15-13-22-41(44)49(3,4)42(30-34)46(40)52/h1,6-30H,2-4H3. The second-order valence-corrected chi connectivity index (χ2v) is 14.4. The fourth-order valence-corrected chi connectivity index (χ4v) is 8.70. The molecular weight excluding hydrogens is 631 g/mol. The zero-order valence-corrected chi connectivity index (χ0v) is 29.4. The van der Waals surface area contributed by atoms with Crippen LogP contribution >= 0.6 is 0 Å². The number of allylic oxidation sites excluding steroid dienone is 4. The van der Waals surface area contributed by atoms with Crippen molar-refractivity contribution in [2.24, 2.45) is 0 Å². The Balaban J connectivity index is 1.19. The molecule has 1 aliphatic rings. The second kappa shape index (κ2) is 11.2. The first-order valence-electron chi connectivity index (χ1n) is 17.9. The Morgan fingerprint density at radius 1 is 0.635 bits per heavy atom. The van der Waals surface area contributed by atoms with Crippen molar-refractivity contribution in [1.82, 2.24) is 14.1 Å². The number of terminal acetylenes is 1. The molecule has 0 saturated carbocycles. The van der Waals surface area contributed by atoms with Gasteiger partial charge in [0, 0.05) is 38.2 Å². The third-order valence-electron chi connectivity index (χ3n) is 11.2. The minimum atomic E-state index is -0.163. The zero-order chi connectivity index (χ0) is 35.1. The number of imidazole rings is 1. The largest absolute Gasteiger partial charge is 0.309 e. The van der Waals surface area contributed by atoms with Crippen LogP contribution in [0.15, 0.2) is 152 Å². The van der Waals surface area contributed by atoms with Gasteiger partial charge < -0.3 is 4.57 Å². The highest BCUT2D eigenvalue weighted by Gasteiger charge is 2.35. The normalized spacial score (nSPS) is 13.8. The topological polar surface area (TPSA) is 22.8 Å². The first kappa shape index (κ1) is 30.2. The molecule has 0 atom stereocenters. The molecule has 52 heavy (non-hydrogen) atoms. The summed E-state index contributed by atoms with van der Waals surface area (Å²) in [5.41, 5.74) is 12.9. The lowest BCUT2D eigenvalue weighted by Crippen LogP contribution is -2.26. The smallest absolute Gasteiger partial charge is 0.145 e. The summed E-state index contributed by atoms with van der Waals surface area (Å²) >= 11 is 0. The molecule has 10 rings (SSSR count). The van der Waals surface area contributed by atoms with Crippen molar-refractivity contribution in [3.63, 3.8) is 0 Å². The number of hydrogen-bond donors (Lipinski definition) is 0. The SMILES string of the molecule is C#CC=CC=C(C)n1c(-c2ccc(-c3cc4c5c(c3)c3ccccc3n5-c3ccccc3C4(C)C)cc2)nc2c3ccccc3c3ccccc3c21. The number of benzene rings is 7. The average molecular weight is 666 g/mol. The van der Waals surface area contributed by atoms with Gasteiger partial charge in [0.2, 0.25) is 0 Å². The van der Waals surface area contributed by atoms with E-state index >= 15 is 0 Å². The van der Waals surface area contributed by atoms with Gasteiger partial charge in [-0.1, -0.05) is 135 Å². The van der Waals surface area contributed by atoms with Gasteiger partial charge in [0.05, 0.1) is 27.8 Å². The summed E-state index contributed by atoms with van der Waals surface area (Å²) in [7, 11) is 0. The van der Waals surface area contributed by atoms with Crippen LogP contribution in [0.1, 0.15) is 31.9 Å². The maximum Gasteiger partial charge on any atom is 0.145 e. The Morgan fingerprint density at radius 3 is 2.04 bits per heavy atom. The van der Waals surface area contributed by atoms with Crippen molar-refractivity contribution in [3.8, 4) is 40.5 Å². The fraction of sp³-hybridized carbons (Fsp3) is 0.0816. The van der Waals surface area contributed by atoms with E-state index in [1.807, 2.05) is 6.08 Å². The lowest BCUT2D eigenvalue weighted by atomic mass is 9.74. The van der Waals surface area contributed by atoms with Crippen molar-refractivity contribution in [1.29, 1.82) is 0 Å². The van der Waals surface area contributed by atoms with Gasteiger partial charge in [-0.3, -0.25) is 4.57 Å². The predicted molar refractivity (Wildman–Crippen MR) is 220 cm³/mol. The highest BCUT2D eigenvalue weighted by atomic mass is 15.1. The number of rotatable bonds is 4. The van der Waals surface area contributed by atoms with E-state index in [2.05, 4.69) is 175 Å². The zero-order valence-electron chi connectivity index (χ0n) is 29.4. The van der Waals surface area contributed by atoms with E-state index in [9.17, 15) is 0 Å². The molecule has 1 aliphatic heterocycles. The van der Waals surface area contributed by atoms with Crippen molar-refractivity contribution >= 4 is 60.1 Å². The maximum absolute atomic E-state index is 5.57. The summed E-state index contributed by atoms with van der Waals surface area (Å²) in [6.07, 6.45) is 11.3. The van der Waals surface area contributed by atoms with Gasteiger partial charge in [-0.05, 0) is 76.4 Å². The van der Waals surface area contributed by atoms with Gasteiger partial charge in [0.1, 0.15) is 5.82 Å². The van der Waals surface area contributed by atoms with E-state index in [0.717, 1.165) is 33.5 Å². The molecular formula is C49H35N3. The molecule has 0 bridgehead atoms. The van der Waals surface area contributed by atoms with Gasteiger partial charge in [-0.25, -0.2) is 4.98 Å². The van der Waals surface area contributed by atoms with E-state index in [0.29, 0.717) is 0 Å². The molecule has 2 aromatic heterocycles. The molecule has 0 aliphatic carbocycles. The number of aromatic nitrogens is 3. The third kappa shape index (κ3) is 4.19. The first-order valence-corrected chi connectivity index (χ1v) is 17.9. The van der Waals surface area contributed by atoms with Crippen LogP contribution in [0.25, 0.3) is 88.3 Å². The molecule has 0 N–H and O–H groups in total. The lowest BCUT2D eigenvalue weighted by molar-refractivity contribution is 0.630. The predicted octanol–water partition coefficient (Wildman–Crippen LogP) is 12.5. The number of hydrogen-bond acceptors (Lipinski definition) is 1. The Hall–Kier alpha value is -6.63. The second-order valence-electron chi connectivity index (χ2n) is 14.4. The van der Waals surface area contributed by atoms with Gasteiger partial charge in [-0.2, -0.15) is 0 Å². The minimum Gasteiger partial charge on any atom is -0.309 e. The molecule has 3 heterocycles. The molecule has 7 aromatic carbocycles. The van der Waals surface area contributed by atoms with Crippen LogP contribution in [0.3, 0.4) is 0 Å². The Labute approximate surface area is 302 Å². The van der Waals surface area contributed by atoms with Gasteiger partial charge in [0.15, 0.2) is 0 Å². The van der Waals surface area contributed by atoms with Crippen molar-refractivity contribution < 1.29 is 0 Å². The summed E-state index contributed by atoms with van der Waals surface area (Å²) in [6.45, 7) is 6.85. The summed E-state index contributed by atoms with van der Waals surface area (Å²) in [6, 6.07) is 48.7. The Morgan fingerprint density at radius 2 is 1.27 bits per heavy atom. The lowest BCUT2D eigenvalue weighted by Gasteiger charge is -2.35. The molecule has 0 radical (unpaired) electrons. The number of nitrogens with zero attached hydrogens (tertiary/aromatic N) is 3. The number of para-hydroxylation sites is 2. The molecule has 0 amide bonds. The Bertz CT molecular complexity index is 3050. The minimum absolute atomic E-state index is 0.163. The van der Waals surface area contributed by atoms with Crippen LogP contribution < -0.4 is 0 Å². The molecule has 0 fully saturated rings. The molecule has 0 unspecified atom stereocenters. The summed E-state index contributed by atoms with van der Waals surface area (Å²) in [4.78, 5) is 5.42. The van der Waals surface area contributed by atoms with E-state index in [1.54, 1.807) is 6.08 Å². The van der Waals surface area contributed by atoms with Crippen LogP contribution in [0.2, 0.25) is 0 Å². The van der Waals surface area contributed by atoms with Crippen LogP contribution in [0, 0.1) is 12.3 Å². The summed E-state index contributed by atoms with van der Waals surface area (Å²) in [5.74, 6) is 3.52. The monoisotopic (exact) mass is 665 g/mol. The van der Waals surface area contributed by atoms with Crippen molar-refractivity contribution in [2.75, 3.05) is 0 Å². The molecule has 0 spiro atoms. The molecule has 246 valence electrons. The van der Waals surface area contributed by atoms with E-state index in [-0.39, 0.29) is 5.41 Å². The molecule has 9 aromatic rings. The Kier molecular flexibility index (Phi) is 6.50. The highest BCUT2D eigenvalue weighted by molar-refractivity contribution is 6.24. The van der Waals surface area contributed by atoms with Crippen molar-refractivity contribution in [2.45, 2.75) is 26.2 Å². The van der Waals surface area contributed by atoms with Crippen LogP contribution in [-0.4, -0.2) is 14.1 Å². The third-order valence-corrected chi connectivity index (χ3v) is 11.2. The van der Waals surface area contributed by atoms with Gasteiger partial charge in [0.25, 0.3) is 0 Å². The van der Waals surface area contributed by atoms with Gasteiger partial charge >= 0.3 is 0 Å². The maximum atomic E-state index is 5.57. The average Bonchev–Trinajstić information content (AvgIpc) is 3.75. The summed E-state index contributed by atoms with van der Waals surface area (Å²) < 4.78 is 4.77. The number of fused-ring (bicyclic) bond motifs is 11. The first-order chi connectivity index (χ1) is 25.5. The van der Waals surface area contributed by atoms with E-state index < -0.39 is 0 Å². The quantitative estimate of drug-likeness (QED) is 0.104.